The van der Waals surface area contributed by atoms with Gasteiger partial charge >= 0.3 is 0 Å². The van der Waals surface area contributed by atoms with E-state index in [1.54, 1.807) is 11.9 Å². The molecule has 0 N–H and O–H groups in total. The normalized spacial score (nSPS) is 14.3. The highest BCUT2D eigenvalue weighted by molar-refractivity contribution is 6.40. The highest BCUT2D eigenvalue weighted by Gasteiger charge is 2.27. The Balaban J connectivity index is 1.77. The summed E-state index contributed by atoms with van der Waals surface area (Å²) in [5, 5.41) is 5.63. The van der Waals surface area contributed by atoms with Crippen LogP contribution < -0.4 is 5.01 Å². The number of benzene rings is 2. The van der Waals surface area contributed by atoms with Crippen LogP contribution in [-0.4, -0.2) is 29.5 Å². The first kappa shape index (κ1) is 15.9. The Morgan fingerprint density at radius 3 is 2.33 bits per heavy atom. The van der Waals surface area contributed by atoms with Gasteiger partial charge < -0.3 is 4.90 Å². The molecule has 2 amide bonds. The smallest absolute Gasteiger partial charge is 0.270 e. The van der Waals surface area contributed by atoms with Crippen LogP contribution in [0.25, 0.3) is 0 Å². The molecule has 1 aliphatic rings. The van der Waals surface area contributed by atoms with Crippen molar-refractivity contribution in [3.63, 3.8) is 0 Å². The van der Waals surface area contributed by atoms with Crippen LogP contribution in [0.4, 0.5) is 5.69 Å². The molecule has 0 aliphatic carbocycles. The molecular formula is C19H19N3O2. The number of nitrogens with zero attached hydrogens (tertiary/aromatic N) is 3. The van der Waals surface area contributed by atoms with Gasteiger partial charge in [-0.25, -0.2) is 5.01 Å². The van der Waals surface area contributed by atoms with E-state index < -0.39 is 0 Å². The third-order valence-electron chi connectivity index (χ3n) is 3.89. The van der Waals surface area contributed by atoms with Gasteiger partial charge in [-0.05, 0) is 17.7 Å². The summed E-state index contributed by atoms with van der Waals surface area (Å²) in [4.78, 5) is 26.4. The molecule has 122 valence electrons. The lowest BCUT2D eigenvalue weighted by atomic mass is 10.1. The summed E-state index contributed by atoms with van der Waals surface area (Å²) in [7, 11) is 1.75. The molecule has 0 spiro atoms. The fourth-order valence-electron chi connectivity index (χ4n) is 2.63. The zero-order valence-electron chi connectivity index (χ0n) is 13.6. The van der Waals surface area contributed by atoms with Crippen LogP contribution >= 0.6 is 0 Å². The molecule has 3 rings (SSSR count). The Bertz CT molecular complexity index is 757. The summed E-state index contributed by atoms with van der Waals surface area (Å²) < 4.78 is 0. The lowest BCUT2D eigenvalue weighted by Crippen LogP contribution is -2.39. The van der Waals surface area contributed by atoms with Gasteiger partial charge in [-0.15, -0.1) is 0 Å². The minimum atomic E-state index is -0.146. The largest absolute Gasteiger partial charge is 0.336 e. The molecule has 0 bridgehead atoms. The Hall–Kier alpha value is -2.95. The quantitative estimate of drug-likeness (QED) is 0.869. The molecule has 24 heavy (non-hydrogen) atoms. The number of carbonyl (C=O) groups excluding carboxylic acids is 2. The number of hydrazone groups is 1. The van der Waals surface area contributed by atoms with Gasteiger partial charge in [0.15, 0.2) is 0 Å². The average Bonchev–Trinajstić information content (AvgIpc) is 2.63. The van der Waals surface area contributed by atoms with Crippen LogP contribution in [-0.2, 0) is 16.1 Å². The Morgan fingerprint density at radius 2 is 1.67 bits per heavy atom. The second-order valence-corrected chi connectivity index (χ2v) is 5.73. The number of hydrogen-bond acceptors (Lipinski definition) is 3. The number of para-hydroxylation sites is 1. The van der Waals surface area contributed by atoms with E-state index >= 15 is 0 Å². The second-order valence-electron chi connectivity index (χ2n) is 5.73. The highest BCUT2D eigenvalue weighted by Crippen LogP contribution is 2.20. The minimum Gasteiger partial charge on any atom is -0.336 e. The predicted molar refractivity (Wildman–Crippen MR) is 93.5 cm³/mol. The Kier molecular flexibility index (Phi) is 4.70. The summed E-state index contributed by atoms with van der Waals surface area (Å²) in [5.74, 6) is -0.240. The monoisotopic (exact) mass is 321 g/mol. The predicted octanol–water partition coefficient (Wildman–Crippen LogP) is 2.83. The van der Waals surface area contributed by atoms with Crippen LogP contribution in [0, 0.1) is 0 Å². The van der Waals surface area contributed by atoms with Gasteiger partial charge in [0.2, 0.25) is 5.91 Å². The van der Waals surface area contributed by atoms with Gasteiger partial charge in [0, 0.05) is 26.4 Å². The van der Waals surface area contributed by atoms with Crippen LogP contribution in [0.5, 0.6) is 0 Å². The first-order valence-electron chi connectivity index (χ1n) is 7.90. The summed E-state index contributed by atoms with van der Waals surface area (Å²) in [6, 6.07) is 19.0. The molecule has 5 nitrogen and oxygen atoms in total. The molecule has 0 aromatic heterocycles. The van der Waals surface area contributed by atoms with E-state index in [-0.39, 0.29) is 11.8 Å². The third kappa shape index (κ3) is 3.51. The van der Waals surface area contributed by atoms with Crippen molar-refractivity contribution in [2.45, 2.75) is 19.4 Å². The average molecular weight is 321 g/mol. The first-order chi connectivity index (χ1) is 11.6. The second kappa shape index (κ2) is 7.08. The number of amides is 2. The molecule has 2 aromatic rings. The molecule has 0 saturated heterocycles. The van der Waals surface area contributed by atoms with Gasteiger partial charge in [0.25, 0.3) is 5.91 Å². The molecular weight excluding hydrogens is 302 g/mol. The number of hydrogen-bond donors (Lipinski definition) is 0. The van der Waals surface area contributed by atoms with E-state index in [4.69, 9.17) is 0 Å². The molecule has 5 heteroatoms. The van der Waals surface area contributed by atoms with E-state index in [9.17, 15) is 9.59 Å². The Labute approximate surface area is 141 Å². The zero-order valence-corrected chi connectivity index (χ0v) is 13.6. The van der Waals surface area contributed by atoms with Crippen LogP contribution in [0.15, 0.2) is 65.8 Å². The fourth-order valence-corrected chi connectivity index (χ4v) is 2.63. The standard InChI is InChI=1S/C19H19N3O2/c1-21(14-15-8-4-2-5-9-15)19(24)17-12-13-18(23)22(20-17)16-10-6-3-7-11-16/h2-11H,12-14H2,1H3. The molecule has 0 saturated carbocycles. The molecule has 0 fully saturated rings. The van der Waals surface area contributed by atoms with Crippen molar-refractivity contribution in [2.75, 3.05) is 12.1 Å². The summed E-state index contributed by atoms with van der Waals surface area (Å²) in [5.41, 5.74) is 2.15. The summed E-state index contributed by atoms with van der Waals surface area (Å²) >= 11 is 0. The summed E-state index contributed by atoms with van der Waals surface area (Å²) in [6.07, 6.45) is 0.665. The van der Waals surface area contributed by atoms with Crippen molar-refractivity contribution in [1.82, 2.24) is 4.90 Å². The number of anilines is 1. The highest BCUT2D eigenvalue weighted by atomic mass is 16.2. The number of rotatable bonds is 4. The van der Waals surface area contributed by atoms with Gasteiger partial charge in [-0.3, -0.25) is 9.59 Å². The molecule has 0 radical (unpaired) electrons. The number of carbonyl (C=O) groups is 2. The van der Waals surface area contributed by atoms with Crippen molar-refractivity contribution in [3.05, 3.63) is 66.2 Å². The van der Waals surface area contributed by atoms with Crippen LogP contribution in [0.1, 0.15) is 18.4 Å². The van der Waals surface area contributed by atoms with Crippen molar-refractivity contribution in [1.29, 1.82) is 0 Å². The molecule has 0 atom stereocenters. The Morgan fingerprint density at radius 1 is 1.04 bits per heavy atom. The third-order valence-corrected chi connectivity index (χ3v) is 3.89. The zero-order chi connectivity index (χ0) is 16.9. The van der Waals surface area contributed by atoms with Gasteiger partial charge in [-0.2, -0.15) is 5.10 Å². The van der Waals surface area contributed by atoms with Crippen molar-refractivity contribution >= 4 is 23.2 Å². The molecule has 1 heterocycles. The topological polar surface area (TPSA) is 53.0 Å². The molecule has 0 unspecified atom stereocenters. The molecule has 2 aromatic carbocycles. The van der Waals surface area contributed by atoms with Crippen molar-refractivity contribution in [2.24, 2.45) is 5.10 Å². The van der Waals surface area contributed by atoms with Gasteiger partial charge in [0.05, 0.1) is 5.69 Å². The van der Waals surface area contributed by atoms with Crippen molar-refractivity contribution in [3.8, 4) is 0 Å². The van der Waals surface area contributed by atoms with E-state index in [1.807, 2.05) is 60.7 Å². The van der Waals surface area contributed by atoms with Gasteiger partial charge in [0.1, 0.15) is 5.71 Å². The summed E-state index contributed by atoms with van der Waals surface area (Å²) in [6.45, 7) is 0.512. The van der Waals surface area contributed by atoms with Crippen LogP contribution in [0.2, 0.25) is 0 Å². The molecule has 1 aliphatic heterocycles. The lowest BCUT2D eigenvalue weighted by molar-refractivity contribution is -0.123. The van der Waals surface area contributed by atoms with Crippen LogP contribution in [0.3, 0.4) is 0 Å². The van der Waals surface area contributed by atoms with Crippen molar-refractivity contribution < 1.29 is 9.59 Å². The van der Waals surface area contributed by atoms with E-state index in [0.717, 1.165) is 5.56 Å². The maximum absolute atomic E-state index is 12.6. The maximum atomic E-state index is 12.6. The lowest BCUT2D eigenvalue weighted by Gasteiger charge is -2.25. The van der Waals surface area contributed by atoms with E-state index in [0.29, 0.717) is 30.8 Å². The minimum absolute atomic E-state index is 0.0940. The van der Waals surface area contributed by atoms with E-state index in [1.165, 1.54) is 5.01 Å². The SMILES string of the molecule is CN(Cc1ccccc1)C(=O)C1=NN(c2ccccc2)C(=O)CC1. The maximum Gasteiger partial charge on any atom is 0.270 e. The van der Waals surface area contributed by atoms with E-state index in [2.05, 4.69) is 5.10 Å². The fraction of sp³-hybridized carbons (Fsp3) is 0.211. The first-order valence-corrected chi connectivity index (χ1v) is 7.90. The van der Waals surface area contributed by atoms with Gasteiger partial charge in [-0.1, -0.05) is 48.5 Å².